The molecule has 104 valence electrons. The summed E-state index contributed by atoms with van der Waals surface area (Å²) >= 11 is 0. The highest BCUT2D eigenvalue weighted by Crippen LogP contribution is 2.26. The van der Waals surface area contributed by atoms with Crippen molar-refractivity contribution < 1.29 is 23.9 Å². The molecule has 0 spiro atoms. The topological polar surface area (TPSA) is 49.2 Å². The molecule has 2 fully saturated rings. The van der Waals surface area contributed by atoms with Crippen molar-refractivity contribution in [3.05, 3.63) is 0 Å². The van der Waals surface area contributed by atoms with Crippen molar-refractivity contribution in [1.29, 1.82) is 0 Å². The molecule has 5 heteroatoms. The molecule has 1 N–H and O–H groups in total. The lowest BCUT2D eigenvalue weighted by atomic mass is 10.1. The average molecular weight is 258 g/mol. The molecule has 2 atom stereocenters. The van der Waals surface area contributed by atoms with Crippen LogP contribution < -0.4 is 4.90 Å². The lowest BCUT2D eigenvalue weighted by Crippen LogP contribution is -3.13. The van der Waals surface area contributed by atoms with Gasteiger partial charge in [0.1, 0.15) is 12.6 Å². The smallest absolute Gasteiger partial charge is 0.310 e. The third-order valence-corrected chi connectivity index (χ3v) is 3.76. The van der Waals surface area contributed by atoms with Crippen molar-refractivity contribution in [3.63, 3.8) is 0 Å². The van der Waals surface area contributed by atoms with Gasteiger partial charge in [-0.1, -0.05) is 0 Å². The fourth-order valence-corrected chi connectivity index (χ4v) is 2.80. The monoisotopic (exact) mass is 258 g/mol. The number of quaternary nitrogens is 1. The van der Waals surface area contributed by atoms with E-state index in [0.29, 0.717) is 6.61 Å². The van der Waals surface area contributed by atoms with Gasteiger partial charge in [-0.05, 0) is 26.2 Å². The highest BCUT2D eigenvalue weighted by atomic mass is 16.7. The molecule has 0 saturated carbocycles. The molecule has 2 saturated heterocycles. The maximum absolute atomic E-state index is 11.3. The summed E-state index contributed by atoms with van der Waals surface area (Å²) in [6.45, 7) is 5.84. The summed E-state index contributed by atoms with van der Waals surface area (Å²) < 4.78 is 16.2. The minimum absolute atomic E-state index is 0.104. The highest BCUT2D eigenvalue weighted by molar-refractivity contribution is 5.70. The van der Waals surface area contributed by atoms with Crippen molar-refractivity contribution in [2.75, 3.05) is 33.4 Å². The molecule has 0 amide bonds. The predicted molar refractivity (Wildman–Crippen MR) is 65.3 cm³/mol. The lowest BCUT2D eigenvalue weighted by Gasteiger charge is -2.26. The van der Waals surface area contributed by atoms with Gasteiger partial charge in [0.25, 0.3) is 0 Å². The molecule has 2 rings (SSSR count). The molecule has 0 aromatic rings. The molecule has 0 bridgehead atoms. The zero-order valence-electron chi connectivity index (χ0n) is 11.4. The summed E-state index contributed by atoms with van der Waals surface area (Å²) in [4.78, 5) is 12.9. The van der Waals surface area contributed by atoms with E-state index in [2.05, 4.69) is 4.74 Å². The second-order valence-electron chi connectivity index (χ2n) is 5.45. The van der Waals surface area contributed by atoms with Gasteiger partial charge in [-0.3, -0.25) is 4.79 Å². The fraction of sp³-hybridized carbons (Fsp3) is 0.923. The first kappa shape index (κ1) is 13.8. The van der Waals surface area contributed by atoms with Crippen LogP contribution in [0.5, 0.6) is 0 Å². The number of nitrogens with one attached hydrogen (secondary N) is 1. The third-order valence-electron chi connectivity index (χ3n) is 3.76. The average Bonchev–Trinajstić information content (AvgIpc) is 2.71. The molecule has 2 heterocycles. The summed E-state index contributed by atoms with van der Waals surface area (Å²) in [5, 5.41) is 0. The number of hydrogen-bond donors (Lipinski definition) is 1. The van der Waals surface area contributed by atoms with Crippen LogP contribution >= 0.6 is 0 Å². The standard InChI is InChI=1S/C13H23NO4/c1-13(8-12(15)16-2)17-10-11(18-13)9-14-6-4-3-5-7-14/h11H,3-10H2,1-2H3/p+1/t11-,13+/m1/s1. The number of hydrogen-bond acceptors (Lipinski definition) is 4. The van der Waals surface area contributed by atoms with Crippen LogP contribution in [0.25, 0.3) is 0 Å². The number of carbonyl (C=O) groups is 1. The summed E-state index contributed by atoms with van der Waals surface area (Å²) in [5.74, 6) is -1.09. The van der Waals surface area contributed by atoms with Crippen molar-refractivity contribution in [2.24, 2.45) is 0 Å². The lowest BCUT2D eigenvalue weighted by molar-refractivity contribution is -0.907. The maximum Gasteiger partial charge on any atom is 0.310 e. The SMILES string of the molecule is COC(=O)C[C@@]1(C)OC[C@@H](C[NH+]2CCCCC2)O1. The Kier molecular flexibility index (Phi) is 4.59. The Hall–Kier alpha value is -0.650. The van der Waals surface area contributed by atoms with Crippen LogP contribution in [0.4, 0.5) is 0 Å². The number of carbonyl (C=O) groups excluding carboxylic acids is 1. The van der Waals surface area contributed by atoms with Crippen LogP contribution in [-0.2, 0) is 19.0 Å². The van der Waals surface area contributed by atoms with Gasteiger partial charge in [0, 0.05) is 0 Å². The second-order valence-corrected chi connectivity index (χ2v) is 5.45. The molecule has 5 nitrogen and oxygen atoms in total. The Bertz CT molecular complexity index is 291. The van der Waals surface area contributed by atoms with Gasteiger partial charge < -0.3 is 19.1 Å². The minimum Gasteiger partial charge on any atom is -0.469 e. The zero-order valence-corrected chi connectivity index (χ0v) is 11.4. The van der Waals surface area contributed by atoms with Crippen LogP contribution in [0.1, 0.15) is 32.6 Å². The van der Waals surface area contributed by atoms with E-state index in [0.717, 1.165) is 6.54 Å². The van der Waals surface area contributed by atoms with E-state index in [4.69, 9.17) is 9.47 Å². The molecular formula is C13H24NO4+. The molecule has 0 aromatic carbocycles. The Morgan fingerprint density at radius 2 is 2.11 bits per heavy atom. The number of ether oxygens (including phenoxy) is 3. The number of methoxy groups -OCH3 is 1. The number of likely N-dealkylation sites (tertiary alicyclic amines) is 1. The summed E-state index contributed by atoms with van der Waals surface area (Å²) in [7, 11) is 1.38. The first-order valence-corrected chi connectivity index (χ1v) is 6.83. The van der Waals surface area contributed by atoms with Crippen LogP contribution in [0, 0.1) is 0 Å². The second kappa shape index (κ2) is 5.99. The van der Waals surface area contributed by atoms with Gasteiger partial charge in [0.15, 0.2) is 5.79 Å². The number of rotatable bonds is 4. The third kappa shape index (κ3) is 3.67. The number of esters is 1. The fourth-order valence-electron chi connectivity index (χ4n) is 2.80. The van der Waals surface area contributed by atoms with Gasteiger partial charge >= 0.3 is 5.97 Å². The van der Waals surface area contributed by atoms with E-state index < -0.39 is 5.79 Å². The first-order valence-electron chi connectivity index (χ1n) is 6.83. The van der Waals surface area contributed by atoms with Crippen molar-refractivity contribution in [3.8, 4) is 0 Å². The molecule has 0 unspecified atom stereocenters. The Balaban J connectivity index is 1.78. The Morgan fingerprint density at radius 3 is 2.78 bits per heavy atom. The molecule has 2 aliphatic heterocycles. The Morgan fingerprint density at radius 1 is 1.39 bits per heavy atom. The maximum atomic E-state index is 11.3. The van der Waals surface area contributed by atoms with Crippen LogP contribution in [0.15, 0.2) is 0 Å². The summed E-state index contributed by atoms with van der Waals surface area (Å²) in [6, 6.07) is 0. The summed E-state index contributed by atoms with van der Waals surface area (Å²) in [5.41, 5.74) is 0. The van der Waals surface area contributed by atoms with Crippen molar-refractivity contribution >= 4 is 5.97 Å². The summed E-state index contributed by atoms with van der Waals surface area (Å²) in [6.07, 6.45) is 4.23. The largest absolute Gasteiger partial charge is 0.469 e. The molecular weight excluding hydrogens is 234 g/mol. The van der Waals surface area contributed by atoms with Gasteiger partial charge in [-0.25, -0.2) is 0 Å². The van der Waals surface area contributed by atoms with Gasteiger partial charge in [-0.2, -0.15) is 0 Å². The van der Waals surface area contributed by atoms with Crippen molar-refractivity contribution in [2.45, 2.75) is 44.5 Å². The normalized spacial score (nSPS) is 33.6. The van der Waals surface area contributed by atoms with Crippen LogP contribution in [0.2, 0.25) is 0 Å². The van der Waals surface area contributed by atoms with E-state index >= 15 is 0 Å². The quantitative estimate of drug-likeness (QED) is 0.707. The van der Waals surface area contributed by atoms with Gasteiger partial charge in [0.2, 0.25) is 0 Å². The molecule has 18 heavy (non-hydrogen) atoms. The first-order chi connectivity index (χ1) is 8.61. The minimum atomic E-state index is -0.799. The van der Waals surface area contributed by atoms with E-state index in [-0.39, 0.29) is 18.5 Å². The van der Waals surface area contributed by atoms with E-state index in [1.54, 1.807) is 4.90 Å². The Labute approximate surface area is 108 Å². The zero-order chi connectivity index (χ0) is 13.0. The van der Waals surface area contributed by atoms with E-state index in [1.807, 2.05) is 6.92 Å². The molecule has 0 aliphatic carbocycles. The van der Waals surface area contributed by atoms with E-state index in [1.165, 1.54) is 39.5 Å². The molecule has 0 radical (unpaired) electrons. The van der Waals surface area contributed by atoms with Crippen molar-refractivity contribution in [1.82, 2.24) is 0 Å². The van der Waals surface area contributed by atoms with E-state index in [9.17, 15) is 4.79 Å². The predicted octanol–water partition coefficient (Wildman–Crippen LogP) is -0.250. The van der Waals surface area contributed by atoms with Gasteiger partial charge in [-0.15, -0.1) is 0 Å². The number of piperidine rings is 1. The molecule has 0 aromatic heterocycles. The van der Waals surface area contributed by atoms with Crippen LogP contribution in [0.3, 0.4) is 0 Å². The molecule has 2 aliphatic rings. The highest BCUT2D eigenvalue weighted by Gasteiger charge is 2.41. The van der Waals surface area contributed by atoms with Gasteiger partial charge in [0.05, 0.1) is 33.2 Å². The van der Waals surface area contributed by atoms with Crippen LogP contribution in [-0.4, -0.2) is 51.2 Å².